The van der Waals surface area contributed by atoms with E-state index in [1.165, 1.54) is 6.21 Å². The van der Waals surface area contributed by atoms with Crippen molar-refractivity contribution >= 4 is 28.3 Å². The summed E-state index contributed by atoms with van der Waals surface area (Å²) in [5.41, 5.74) is 3.82. The molecular weight excluding hydrogens is 532 g/mol. The van der Waals surface area contributed by atoms with E-state index in [-0.39, 0.29) is 34.0 Å². The van der Waals surface area contributed by atoms with E-state index in [0.29, 0.717) is 40.4 Å². The molecule has 2 aromatic carbocycles. The maximum atomic E-state index is 13.9. The third-order valence-electron chi connectivity index (χ3n) is 6.45. The van der Waals surface area contributed by atoms with Crippen LogP contribution in [0.4, 0.5) is 31.5 Å². The van der Waals surface area contributed by atoms with Gasteiger partial charge in [-0.3, -0.25) is 0 Å². The zero-order valence-corrected chi connectivity index (χ0v) is 20.5. The molecule has 3 N–H and O–H groups in total. The third-order valence-corrected chi connectivity index (χ3v) is 7.61. The van der Waals surface area contributed by atoms with Gasteiger partial charge in [-0.1, -0.05) is 23.5 Å². The molecule has 0 aliphatic carbocycles. The number of thiazole rings is 1. The number of nitrogens with zero attached hydrogens (tertiary/aromatic N) is 4. The van der Waals surface area contributed by atoms with Crippen LogP contribution < -0.4 is 21.2 Å². The van der Waals surface area contributed by atoms with Crippen LogP contribution in [0.2, 0.25) is 0 Å². The van der Waals surface area contributed by atoms with Gasteiger partial charge in [-0.25, -0.2) is 0 Å². The Balaban J connectivity index is 1.67. The number of anilines is 1. The van der Waals surface area contributed by atoms with Crippen LogP contribution in [0.15, 0.2) is 46.6 Å². The predicted molar refractivity (Wildman–Crippen MR) is 131 cm³/mol. The van der Waals surface area contributed by atoms with Crippen LogP contribution in [0.25, 0.3) is 5.57 Å². The lowest BCUT2D eigenvalue weighted by Crippen LogP contribution is -2.42. The fourth-order valence-corrected chi connectivity index (χ4v) is 5.64. The minimum absolute atomic E-state index is 0.0806. The van der Waals surface area contributed by atoms with Crippen molar-refractivity contribution in [1.82, 2.24) is 4.98 Å². The molecule has 0 amide bonds. The molecule has 38 heavy (non-hydrogen) atoms. The van der Waals surface area contributed by atoms with E-state index in [2.05, 4.69) is 15.2 Å². The summed E-state index contributed by atoms with van der Waals surface area (Å²) in [6.45, 7) is 1.17. The fourth-order valence-electron chi connectivity index (χ4n) is 4.58. The number of piperidine rings is 1. The van der Waals surface area contributed by atoms with Crippen molar-refractivity contribution < 1.29 is 31.4 Å². The number of hydrogen-bond acceptors (Lipinski definition) is 7. The molecule has 200 valence electrons. The van der Waals surface area contributed by atoms with Crippen LogP contribution in [0, 0.1) is 0 Å². The Kier molecular flexibility index (Phi) is 6.68. The molecule has 3 heterocycles. The molecule has 0 saturated carbocycles. The summed E-state index contributed by atoms with van der Waals surface area (Å²) in [4.78, 5) is 6.39. The van der Waals surface area contributed by atoms with Gasteiger partial charge >= 0.3 is 12.4 Å². The number of fused-ring (bicyclic) bond motifs is 1. The van der Waals surface area contributed by atoms with Gasteiger partial charge in [0.25, 0.3) is 0 Å². The molecule has 13 heteroatoms. The molecule has 0 unspecified atom stereocenters. The topological polar surface area (TPSA) is 87.1 Å². The highest BCUT2D eigenvalue weighted by Gasteiger charge is 2.38. The maximum Gasteiger partial charge on any atom is 0.416 e. The van der Waals surface area contributed by atoms with Crippen molar-refractivity contribution in [2.24, 2.45) is 15.9 Å². The van der Waals surface area contributed by atoms with Crippen LogP contribution in [-0.4, -0.2) is 35.4 Å². The average molecular weight is 554 g/mol. The molecule has 1 fully saturated rings. The van der Waals surface area contributed by atoms with E-state index in [1.807, 2.05) is 4.90 Å². The summed E-state index contributed by atoms with van der Waals surface area (Å²) < 4.78 is 81.5. The van der Waals surface area contributed by atoms with Crippen LogP contribution in [-0.2, 0) is 18.8 Å². The van der Waals surface area contributed by atoms with Gasteiger partial charge in [0.1, 0.15) is 0 Å². The summed E-state index contributed by atoms with van der Waals surface area (Å²) in [5.74, 6) is -0.376. The molecule has 6 nitrogen and oxygen atoms in total. The van der Waals surface area contributed by atoms with Gasteiger partial charge < -0.3 is 15.7 Å². The maximum absolute atomic E-state index is 13.9. The number of halogens is 6. The lowest BCUT2D eigenvalue weighted by atomic mass is 9.94. The Hall–Kier alpha value is -3.45. The largest absolute Gasteiger partial charge is 0.492 e. The number of aromatic nitrogens is 1. The Morgan fingerprint density at radius 2 is 1.87 bits per heavy atom. The first-order valence-electron chi connectivity index (χ1n) is 11.6. The van der Waals surface area contributed by atoms with E-state index >= 15 is 0 Å². The number of hydrogen-bond donors (Lipinski definition) is 2. The van der Waals surface area contributed by atoms with E-state index in [1.54, 1.807) is 18.2 Å². The SMILES string of the molecule is N[C@@H]1CCCN(c2nc(O)c(C(Cc3ccc(C(F)(F)F)cc3C(F)(F)F)=c3ccc4c(c3)C=NN=4)s2)C1. The quantitative estimate of drug-likeness (QED) is 0.474. The Labute approximate surface area is 216 Å². The highest BCUT2D eigenvalue weighted by atomic mass is 32.1. The first kappa shape index (κ1) is 26.2. The highest BCUT2D eigenvalue weighted by Crippen LogP contribution is 2.41. The lowest BCUT2D eigenvalue weighted by molar-refractivity contribution is -0.143. The normalized spacial score (nSPS) is 18.4. The second-order valence-electron chi connectivity index (χ2n) is 9.14. The molecule has 0 radical (unpaired) electrons. The van der Waals surface area contributed by atoms with Gasteiger partial charge in [0.05, 0.1) is 27.6 Å². The Bertz CT molecular complexity index is 1530. The number of benzene rings is 2. The first-order valence-corrected chi connectivity index (χ1v) is 12.4. The van der Waals surface area contributed by atoms with Crippen molar-refractivity contribution in [2.75, 3.05) is 18.0 Å². The van der Waals surface area contributed by atoms with Crippen molar-refractivity contribution in [3.05, 3.63) is 74.1 Å². The van der Waals surface area contributed by atoms with Crippen molar-refractivity contribution in [1.29, 1.82) is 0 Å². The van der Waals surface area contributed by atoms with Crippen molar-refractivity contribution in [3.8, 4) is 5.88 Å². The van der Waals surface area contributed by atoms with Crippen LogP contribution in [0.1, 0.15) is 40.0 Å². The van der Waals surface area contributed by atoms with E-state index in [4.69, 9.17) is 5.73 Å². The average Bonchev–Trinajstić information content (AvgIpc) is 3.47. The smallest absolute Gasteiger partial charge is 0.416 e. The Morgan fingerprint density at radius 3 is 2.58 bits per heavy atom. The summed E-state index contributed by atoms with van der Waals surface area (Å²) in [6, 6.07) is 6.42. The van der Waals surface area contributed by atoms with Gasteiger partial charge in [0, 0.05) is 31.1 Å². The molecule has 0 bridgehead atoms. The van der Waals surface area contributed by atoms with Gasteiger partial charge in [-0.05, 0) is 53.5 Å². The van der Waals surface area contributed by atoms with E-state index in [9.17, 15) is 31.4 Å². The van der Waals surface area contributed by atoms with Gasteiger partial charge in [0.2, 0.25) is 5.88 Å². The zero-order valence-electron chi connectivity index (χ0n) is 19.6. The van der Waals surface area contributed by atoms with Crippen LogP contribution in [0.3, 0.4) is 0 Å². The summed E-state index contributed by atoms with van der Waals surface area (Å²) >= 11 is 1.10. The fraction of sp³-hybridized carbons (Fsp3) is 0.320. The minimum Gasteiger partial charge on any atom is -0.492 e. The number of aromatic hydroxyl groups is 1. The molecule has 1 saturated heterocycles. The molecule has 2 aliphatic rings. The first-order chi connectivity index (χ1) is 17.9. The molecule has 0 spiro atoms. The number of alkyl halides is 6. The van der Waals surface area contributed by atoms with Gasteiger partial charge in [-0.2, -0.15) is 41.5 Å². The molecule has 1 atom stereocenters. The molecule has 2 aliphatic heterocycles. The minimum atomic E-state index is -5.03. The molecule has 1 aromatic heterocycles. The van der Waals surface area contributed by atoms with E-state index in [0.717, 1.165) is 30.2 Å². The van der Waals surface area contributed by atoms with E-state index < -0.39 is 29.9 Å². The lowest BCUT2D eigenvalue weighted by Gasteiger charge is -2.30. The highest BCUT2D eigenvalue weighted by molar-refractivity contribution is 7.17. The van der Waals surface area contributed by atoms with Crippen molar-refractivity contribution in [2.45, 2.75) is 37.7 Å². The summed E-state index contributed by atoms with van der Waals surface area (Å²) in [6.07, 6.45) is -7.23. The number of rotatable bonds is 4. The summed E-state index contributed by atoms with van der Waals surface area (Å²) in [7, 11) is 0. The molecule has 5 rings (SSSR count). The predicted octanol–water partition coefficient (Wildman–Crippen LogP) is 4.22. The van der Waals surface area contributed by atoms with Gasteiger partial charge in [-0.15, -0.1) is 0 Å². The zero-order chi connectivity index (χ0) is 27.2. The molecule has 3 aromatic rings. The Morgan fingerprint density at radius 1 is 1.08 bits per heavy atom. The number of nitrogens with two attached hydrogens (primary N) is 1. The van der Waals surface area contributed by atoms with Gasteiger partial charge in [0.15, 0.2) is 5.13 Å². The standard InChI is InChI=1S/C25H21F6N5OS/c26-24(27,28)16-5-3-14(19(10-16)25(29,30)31)9-18(13-4-6-20-15(8-13)11-33-35-20)21-22(37)34-23(38-21)36-7-1-2-17(32)12-36/h3-6,8,10-11,17,37H,1-2,7,9,12,32H2/t17-/m1/s1. The van der Waals surface area contributed by atoms with Crippen LogP contribution in [0.5, 0.6) is 5.88 Å². The monoisotopic (exact) mass is 553 g/mol. The second kappa shape index (κ2) is 9.70. The summed E-state index contributed by atoms with van der Waals surface area (Å²) in [5, 5.41) is 20.1. The van der Waals surface area contributed by atoms with Crippen LogP contribution >= 0.6 is 11.3 Å². The van der Waals surface area contributed by atoms with Crippen molar-refractivity contribution in [3.63, 3.8) is 0 Å². The molecular formula is C25H21F6N5OS. The second-order valence-corrected chi connectivity index (χ2v) is 10.1. The third kappa shape index (κ3) is 5.25.